The molecule has 0 amide bonds. The smallest absolute Gasteiger partial charge is 0.312 e. The number of hydrogen-bond donors (Lipinski definition) is 1. The van der Waals surface area contributed by atoms with Crippen molar-refractivity contribution in [1.29, 1.82) is 0 Å². The first-order chi connectivity index (χ1) is 7.15. The lowest BCUT2D eigenvalue weighted by Gasteiger charge is -2.19. The van der Waals surface area contributed by atoms with Crippen molar-refractivity contribution in [3.63, 3.8) is 0 Å². The first kappa shape index (κ1) is 10.2. The summed E-state index contributed by atoms with van der Waals surface area (Å²) >= 11 is 0. The summed E-state index contributed by atoms with van der Waals surface area (Å²) in [7, 11) is 1.92. The van der Waals surface area contributed by atoms with Gasteiger partial charge in [0.25, 0.3) is 0 Å². The Bertz CT molecular complexity index is 396. The minimum atomic E-state index is -0.721. The zero-order chi connectivity index (χ0) is 11.0. The van der Waals surface area contributed by atoms with Crippen molar-refractivity contribution in [2.45, 2.75) is 38.5 Å². The number of imidazole rings is 1. The Kier molecular flexibility index (Phi) is 2.50. The zero-order valence-corrected chi connectivity index (χ0v) is 9.16. The van der Waals surface area contributed by atoms with Crippen molar-refractivity contribution < 1.29 is 9.90 Å². The second kappa shape index (κ2) is 3.68. The zero-order valence-electron chi connectivity index (χ0n) is 9.16. The fraction of sp³-hybridized carbons (Fsp3) is 0.636. The van der Waals surface area contributed by atoms with E-state index in [-0.39, 0.29) is 5.92 Å². The molecule has 0 radical (unpaired) electrons. The standard InChI is InChI=1S/C11H16N2O2/c1-3-9-12-8-6-4-5-7(11(14)15)10(8)13(9)2/h7H,3-6H2,1-2H3,(H,14,15). The largest absolute Gasteiger partial charge is 0.481 e. The topological polar surface area (TPSA) is 55.1 Å². The summed E-state index contributed by atoms with van der Waals surface area (Å²) in [6.45, 7) is 2.05. The fourth-order valence-electron chi connectivity index (χ4n) is 2.41. The minimum Gasteiger partial charge on any atom is -0.481 e. The first-order valence-electron chi connectivity index (χ1n) is 5.42. The maximum atomic E-state index is 11.1. The molecule has 0 saturated heterocycles. The summed E-state index contributed by atoms with van der Waals surface area (Å²) in [6.07, 6.45) is 3.46. The number of aromatic nitrogens is 2. The lowest BCUT2D eigenvalue weighted by molar-refractivity contribution is -0.139. The van der Waals surface area contributed by atoms with E-state index < -0.39 is 5.97 Å². The van der Waals surface area contributed by atoms with E-state index in [2.05, 4.69) is 4.98 Å². The van der Waals surface area contributed by atoms with Gasteiger partial charge in [0.1, 0.15) is 5.82 Å². The number of carboxylic acids is 1. The molecular weight excluding hydrogens is 192 g/mol. The van der Waals surface area contributed by atoms with Crippen molar-refractivity contribution in [2.75, 3.05) is 0 Å². The average Bonchev–Trinajstić information content (AvgIpc) is 2.55. The average molecular weight is 208 g/mol. The molecule has 82 valence electrons. The summed E-state index contributed by atoms with van der Waals surface area (Å²) in [6, 6.07) is 0. The molecule has 0 saturated carbocycles. The predicted molar refractivity (Wildman–Crippen MR) is 55.9 cm³/mol. The van der Waals surface area contributed by atoms with Crippen LogP contribution in [0.3, 0.4) is 0 Å². The highest BCUT2D eigenvalue weighted by Crippen LogP contribution is 2.31. The number of hydrogen-bond acceptors (Lipinski definition) is 2. The van der Waals surface area contributed by atoms with Crippen LogP contribution in [0.1, 0.15) is 42.9 Å². The SMILES string of the molecule is CCc1nc2c(n1C)C(C(=O)O)CCC2. The molecule has 4 heteroatoms. The van der Waals surface area contributed by atoms with Gasteiger partial charge in [0.2, 0.25) is 0 Å². The second-order valence-corrected chi connectivity index (χ2v) is 4.06. The van der Waals surface area contributed by atoms with Gasteiger partial charge in [-0.25, -0.2) is 4.98 Å². The highest BCUT2D eigenvalue weighted by atomic mass is 16.4. The summed E-state index contributed by atoms with van der Waals surface area (Å²) in [5.74, 6) is -0.0821. The Morgan fingerprint density at radius 1 is 1.67 bits per heavy atom. The van der Waals surface area contributed by atoms with Crippen LogP contribution in [0.5, 0.6) is 0 Å². The third kappa shape index (κ3) is 1.54. The molecule has 4 nitrogen and oxygen atoms in total. The molecule has 0 fully saturated rings. The Balaban J connectivity index is 2.50. The van der Waals surface area contributed by atoms with Crippen LogP contribution in [0.2, 0.25) is 0 Å². The van der Waals surface area contributed by atoms with Gasteiger partial charge in [0, 0.05) is 13.5 Å². The van der Waals surface area contributed by atoms with Gasteiger partial charge < -0.3 is 9.67 Å². The predicted octanol–water partition coefficient (Wildman–Crippen LogP) is 1.49. The molecule has 1 aliphatic carbocycles. The monoisotopic (exact) mass is 208 g/mol. The fourth-order valence-corrected chi connectivity index (χ4v) is 2.41. The molecular formula is C11H16N2O2. The Hall–Kier alpha value is -1.32. The maximum absolute atomic E-state index is 11.1. The van der Waals surface area contributed by atoms with Crippen LogP contribution < -0.4 is 0 Å². The number of nitrogens with zero attached hydrogens (tertiary/aromatic N) is 2. The number of carboxylic acid groups (broad SMARTS) is 1. The quantitative estimate of drug-likeness (QED) is 0.801. The molecule has 0 aliphatic heterocycles. The van der Waals surface area contributed by atoms with Crippen LogP contribution in [-0.2, 0) is 24.7 Å². The number of rotatable bonds is 2. The number of aryl methyl sites for hydroxylation is 2. The van der Waals surface area contributed by atoms with Crippen LogP contribution >= 0.6 is 0 Å². The number of carbonyl (C=O) groups is 1. The third-order valence-electron chi connectivity index (χ3n) is 3.16. The van der Waals surface area contributed by atoms with E-state index in [1.54, 1.807) is 0 Å². The molecule has 0 aromatic carbocycles. The highest BCUT2D eigenvalue weighted by Gasteiger charge is 2.30. The Labute approximate surface area is 88.9 Å². The normalized spacial score (nSPS) is 20.0. The molecule has 0 spiro atoms. The molecule has 1 N–H and O–H groups in total. The molecule has 0 bridgehead atoms. The van der Waals surface area contributed by atoms with Crippen molar-refractivity contribution >= 4 is 5.97 Å². The number of fused-ring (bicyclic) bond motifs is 1. The molecule has 1 atom stereocenters. The van der Waals surface area contributed by atoms with Gasteiger partial charge >= 0.3 is 5.97 Å². The van der Waals surface area contributed by atoms with Gasteiger partial charge in [0.05, 0.1) is 17.3 Å². The first-order valence-corrected chi connectivity index (χ1v) is 5.42. The summed E-state index contributed by atoms with van der Waals surface area (Å²) in [5, 5.41) is 9.15. The van der Waals surface area contributed by atoms with E-state index in [0.29, 0.717) is 0 Å². The van der Waals surface area contributed by atoms with Crippen molar-refractivity contribution in [3.05, 3.63) is 17.2 Å². The molecule has 1 heterocycles. The maximum Gasteiger partial charge on any atom is 0.312 e. The van der Waals surface area contributed by atoms with Crippen LogP contribution in [0.25, 0.3) is 0 Å². The van der Waals surface area contributed by atoms with E-state index in [1.165, 1.54) is 0 Å². The Morgan fingerprint density at radius 2 is 2.40 bits per heavy atom. The summed E-state index contributed by atoms with van der Waals surface area (Å²) in [5.41, 5.74) is 1.92. The van der Waals surface area contributed by atoms with E-state index in [4.69, 9.17) is 5.11 Å². The molecule has 15 heavy (non-hydrogen) atoms. The van der Waals surface area contributed by atoms with Crippen LogP contribution in [0, 0.1) is 0 Å². The minimum absolute atomic E-state index is 0.355. The lowest BCUT2D eigenvalue weighted by atomic mass is 9.90. The molecule has 2 rings (SSSR count). The summed E-state index contributed by atoms with van der Waals surface area (Å²) < 4.78 is 1.97. The van der Waals surface area contributed by atoms with Gasteiger partial charge in [-0.05, 0) is 19.3 Å². The van der Waals surface area contributed by atoms with Crippen LogP contribution in [0.15, 0.2) is 0 Å². The van der Waals surface area contributed by atoms with E-state index >= 15 is 0 Å². The van der Waals surface area contributed by atoms with Gasteiger partial charge in [0.15, 0.2) is 0 Å². The van der Waals surface area contributed by atoms with Crippen LogP contribution in [-0.4, -0.2) is 20.6 Å². The van der Waals surface area contributed by atoms with E-state index in [0.717, 1.165) is 42.9 Å². The number of aliphatic carboxylic acids is 1. The molecule has 1 aromatic heterocycles. The third-order valence-corrected chi connectivity index (χ3v) is 3.16. The second-order valence-electron chi connectivity index (χ2n) is 4.06. The van der Waals surface area contributed by atoms with Crippen LogP contribution in [0.4, 0.5) is 0 Å². The van der Waals surface area contributed by atoms with Crippen molar-refractivity contribution in [3.8, 4) is 0 Å². The van der Waals surface area contributed by atoms with Gasteiger partial charge in [-0.2, -0.15) is 0 Å². The molecule has 1 aromatic rings. The van der Waals surface area contributed by atoms with E-state index in [9.17, 15) is 4.79 Å². The molecule has 1 aliphatic rings. The van der Waals surface area contributed by atoms with Gasteiger partial charge in [-0.3, -0.25) is 4.79 Å². The highest BCUT2D eigenvalue weighted by molar-refractivity contribution is 5.76. The summed E-state index contributed by atoms with van der Waals surface area (Å²) in [4.78, 5) is 15.6. The van der Waals surface area contributed by atoms with Gasteiger partial charge in [-0.1, -0.05) is 6.92 Å². The van der Waals surface area contributed by atoms with E-state index in [1.807, 2.05) is 18.5 Å². The van der Waals surface area contributed by atoms with Crippen molar-refractivity contribution in [1.82, 2.24) is 9.55 Å². The Morgan fingerprint density at radius 3 is 3.00 bits per heavy atom. The van der Waals surface area contributed by atoms with Gasteiger partial charge in [-0.15, -0.1) is 0 Å². The molecule has 1 unspecified atom stereocenters. The lowest BCUT2D eigenvalue weighted by Crippen LogP contribution is -2.20. The van der Waals surface area contributed by atoms with Crippen molar-refractivity contribution in [2.24, 2.45) is 7.05 Å².